The minimum Gasteiger partial charge on any atom is -0.488 e. The van der Waals surface area contributed by atoms with Crippen molar-refractivity contribution in [3.63, 3.8) is 0 Å². The van der Waals surface area contributed by atoms with E-state index in [4.69, 9.17) is 23.1 Å². The Morgan fingerprint density at radius 2 is 0.492 bits per heavy atom. The van der Waals surface area contributed by atoms with Crippen molar-refractivity contribution in [2.24, 2.45) is 21.7 Å². The van der Waals surface area contributed by atoms with Crippen molar-refractivity contribution < 1.29 is 23.1 Å². The van der Waals surface area contributed by atoms with Gasteiger partial charge >= 0.3 is 0 Å². The molecule has 0 spiro atoms. The lowest BCUT2D eigenvalue weighted by Crippen LogP contribution is -2.56. The monoisotopic (exact) mass is 895 g/mol. The molecule has 0 saturated heterocycles. The van der Waals surface area contributed by atoms with Gasteiger partial charge in [0.2, 0.25) is 18.1 Å². The average Bonchev–Trinajstić information content (AvgIpc) is 3.04. The lowest BCUT2D eigenvalue weighted by atomic mass is 9.83. The van der Waals surface area contributed by atoms with Crippen LogP contribution in [0.3, 0.4) is 0 Å². The van der Waals surface area contributed by atoms with Crippen LogP contribution in [0.1, 0.15) is 164 Å². The van der Waals surface area contributed by atoms with Crippen molar-refractivity contribution in [2.75, 3.05) is 0 Å². The molecule has 0 N–H and O–H groups in total. The molecule has 63 heavy (non-hydrogen) atoms. The topological polar surface area (TPSA) is 46.2 Å². The molecule has 0 heterocycles. The molecule has 0 amide bonds. The van der Waals surface area contributed by atoms with Crippen LogP contribution in [-0.2, 0) is 4.12 Å². The summed E-state index contributed by atoms with van der Waals surface area (Å²) in [5, 5.41) is 4.61. The standard InChI is InChI=1S/C56H86O5Si2/c1-49(2,3)37-53(13,14)57-41-25-21-29-45(33-41)62(46-30-22-26-42(34-46)58-54(15,16)38-50(4,5)6)61-63(47-31-23-27-43(35-47)59-55(17,18)39-51(7,8)9)48-32-24-28-44(36-48)60-56(19,20)40-52(10,11)12/h21-36,62-63H,37-40H2,1-20H3. The van der Waals surface area contributed by atoms with Crippen LogP contribution in [0, 0.1) is 21.7 Å². The second-order valence-corrected chi connectivity index (χ2v) is 30.9. The minimum absolute atomic E-state index is 0.113. The first-order chi connectivity index (χ1) is 28.6. The predicted molar refractivity (Wildman–Crippen MR) is 275 cm³/mol. The molecule has 0 fully saturated rings. The van der Waals surface area contributed by atoms with Gasteiger partial charge in [-0.1, -0.05) is 132 Å². The third kappa shape index (κ3) is 18.5. The van der Waals surface area contributed by atoms with Crippen LogP contribution in [-0.4, -0.2) is 40.5 Å². The van der Waals surface area contributed by atoms with Crippen LogP contribution in [0.2, 0.25) is 0 Å². The number of rotatable bonds is 18. The summed E-state index contributed by atoms with van der Waals surface area (Å²) < 4.78 is 35.2. The van der Waals surface area contributed by atoms with Gasteiger partial charge in [0, 0.05) is 0 Å². The molecule has 4 aromatic rings. The maximum absolute atomic E-state index is 7.91. The van der Waals surface area contributed by atoms with Crippen LogP contribution < -0.4 is 39.7 Å². The lowest BCUT2D eigenvalue weighted by Gasteiger charge is -2.34. The minimum atomic E-state index is -2.48. The highest BCUT2D eigenvalue weighted by atomic mass is 28.4. The first kappa shape index (κ1) is 52.1. The Morgan fingerprint density at radius 1 is 0.302 bits per heavy atom. The molecule has 0 unspecified atom stereocenters. The zero-order valence-corrected chi connectivity index (χ0v) is 45.6. The summed E-state index contributed by atoms with van der Waals surface area (Å²) in [6.45, 7) is 44.7. The highest BCUT2D eigenvalue weighted by molar-refractivity contribution is 6.91. The quantitative estimate of drug-likeness (QED) is 0.0931. The molecule has 0 aliphatic rings. The van der Waals surface area contributed by atoms with Crippen LogP contribution in [0.15, 0.2) is 97.1 Å². The van der Waals surface area contributed by atoms with Crippen molar-refractivity contribution in [1.82, 2.24) is 0 Å². The first-order valence-corrected chi connectivity index (χ1v) is 26.6. The van der Waals surface area contributed by atoms with Crippen LogP contribution >= 0.6 is 0 Å². The molecule has 0 aromatic heterocycles. The number of ether oxygens (including phenoxy) is 4. The summed E-state index contributed by atoms with van der Waals surface area (Å²) in [4.78, 5) is 0. The van der Waals surface area contributed by atoms with Gasteiger partial charge in [-0.15, -0.1) is 0 Å². The van der Waals surface area contributed by atoms with Gasteiger partial charge < -0.3 is 23.1 Å². The molecule has 0 bridgehead atoms. The first-order valence-electron chi connectivity index (χ1n) is 23.4. The van der Waals surface area contributed by atoms with Crippen LogP contribution in [0.4, 0.5) is 0 Å². The Bertz CT molecular complexity index is 1790. The van der Waals surface area contributed by atoms with Crippen molar-refractivity contribution in [1.29, 1.82) is 0 Å². The fraction of sp³-hybridized carbons (Fsp3) is 0.571. The summed E-state index contributed by atoms with van der Waals surface area (Å²) >= 11 is 0. The van der Waals surface area contributed by atoms with Crippen molar-refractivity contribution in [3.05, 3.63) is 97.1 Å². The molecule has 0 atom stereocenters. The van der Waals surface area contributed by atoms with E-state index in [0.717, 1.165) is 69.4 Å². The Balaban J connectivity index is 1.92. The maximum atomic E-state index is 7.91. The van der Waals surface area contributed by atoms with Crippen molar-refractivity contribution in [2.45, 2.75) is 187 Å². The third-order valence-corrected chi connectivity index (χ3v) is 16.4. The van der Waals surface area contributed by atoms with E-state index in [2.05, 4.69) is 236 Å². The van der Waals surface area contributed by atoms with Crippen LogP contribution in [0.5, 0.6) is 23.0 Å². The predicted octanol–water partition coefficient (Wildman–Crippen LogP) is 12.5. The summed E-state index contributed by atoms with van der Waals surface area (Å²) in [5.41, 5.74) is -0.989. The van der Waals surface area contributed by atoms with Gasteiger partial charge in [-0.2, -0.15) is 0 Å². The second-order valence-electron chi connectivity index (χ2n) is 25.6. The van der Waals surface area contributed by atoms with E-state index in [0.29, 0.717) is 0 Å². The number of hydrogen-bond donors (Lipinski definition) is 0. The van der Waals surface area contributed by atoms with Crippen molar-refractivity contribution in [3.8, 4) is 23.0 Å². The molecule has 0 aliphatic carbocycles. The molecule has 0 saturated carbocycles. The Labute approximate surface area is 388 Å². The smallest absolute Gasteiger partial charge is 0.229 e. The van der Waals surface area contributed by atoms with Gasteiger partial charge in [0.25, 0.3) is 0 Å². The van der Waals surface area contributed by atoms with Gasteiger partial charge in [0.15, 0.2) is 0 Å². The Morgan fingerprint density at radius 3 is 0.667 bits per heavy atom. The molecular weight excluding hydrogens is 809 g/mol. The summed E-state index contributed by atoms with van der Waals surface area (Å²) in [5.74, 6) is 3.42. The number of hydrogen-bond acceptors (Lipinski definition) is 5. The fourth-order valence-corrected chi connectivity index (χ4v) is 17.1. The molecule has 4 rings (SSSR count). The van der Waals surface area contributed by atoms with E-state index < -0.39 is 18.1 Å². The van der Waals surface area contributed by atoms with Crippen molar-refractivity contribution >= 4 is 38.8 Å². The van der Waals surface area contributed by atoms with Gasteiger partial charge in [0.1, 0.15) is 45.4 Å². The van der Waals surface area contributed by atoms with E-state index in [1.54, 1.807) is 0 Å². The summed E-state index contributed by atoms with van der Waals surface area (Å²) in [7, 11) is -4.96. The Hall–Kier alpha value is -3.53. The fourth-order valence-electron chi connectivity index (χ4n) is 10.3. The normalized spacial score (nSPS) is 13.7. The highest BCUT2D eigenvalue weighted by Crippen LogP contribution is 2.34. The molecule has 0 radical (unpaired) electrons. The average molecular weight is 895 g/mol. The molecule has 0 aliphatic heterocycles. The van der Waals surface area contributed by atoms with Gasteiger partial charge in [-0.3, -0.25) is 0 Å². The van der Waals surface area contributed by atoms with E-state index >= 15 is 0 Å². The van der Waals surface area contributed by atoms with E-state index in [1.807, 2.05) is 0 Å². The summed E-state index contributed by atoms with van der Waals surface area (Å²) in [6, 6.07) is 34.7. The van der Waals surface area contributed by atoms with Crippen LogP contribution in [0.25, 0.3) is 0 Å². The molecule has 348 valence electrons. The van der Waals surface area contributed by atoms with Gasteiger partial charge in [-0.05, 0) is 172 Å². The molecule has 7 heteroatoms. The molecular formula is C56H86O5Si2. The third-order valence-electron chi connectivity index (χ3n) is 10.3. The molecule has 4 aromatic carbocycles. The lowest BCUT2D eigenvalue weighted by molar-refractivity contribution is 0.0616. The van der Waals surface area contributed by atoms with E-state index in [9.17, 15) is 0 Å². The number of benzene rings is 4. The molecule has 5 nitrogen and oxygen atoms in total. The van der Waals surface area contributed by atoms with Gasteiger partial charge in [0.05, 0.1) is 0 Å². The largest absolute Gasteiger partial charge is 0.488 e. The van der Waals surface area contributed by atoms with E-state index in [1.165, 1.54) is 0 Å². The second kappa shape index (κ2) is 19.5. The highest BCUT2D eigenvalue weighted by Gasteiger charge is 2.34. The zero-order valence-electron chi connectivity index (χ0n) is 43.3. The SMILES string of the molecule is CC(C)(C)CC(C)(C)Oc1cccc([SiH](O[SiH](c2cccc(OC(C)(C)CC(C)(C)C)c2)c2cccc(OC(C)(C)CC(C)(C)C)c2)c2cccc(OC(C)(C)CC(C)(C)C)c2)c1. The Kier molecular flexibility index (Phi) is 16.1. The van der Waals surface area contributed by atoms with E-state index in [-0.39, 0.29) is 44.1 Å². The van der Waals surface area contributed by atoms with Gasteiger partial charge in [-0.25, -0.2) is 0 Å². The zero-order chi connectivity index (χ0) is 47.5. The maximum Gasteiger partial charge on any atom is 0.229 e. The summed E-state index contributed by atoms with van der Waals surface area (Å²) in [6.07, 6.45) is 3.65.